The van der Waals surface area contributed by atoms with Gasteiger partial charge in [-0.15, -0.1) is 11.3 Å². The van der Waals surface area contributed by atoms with Crippen molar-refractivity contribution in [2.24, 2.45) is 11.7 Å². The van der Waals surface area contributed by atoms with Gasteiger partial charge in [-0.05, 0) is 12.3 Å². The maximum absolute atomic E-state index is 5.89. The molecule has 3 aliphatic heterocycles. The van der Waals surface area contributed by atoms with Crippen LogP contribution in [0.2, 0.25) is 0 Å². The minimum Gasteiger partial charge on any atom is -0.326 e. The highest BCUT2D eigenvalue weighted by Gasteiger charge is 2.34. The van der Waals surface area contributed by atoms with Crippen LogP contribution in [0.1, 0.15) is 35.5 Å². The highest BCUT2D eigenvalue weighted by atomic mass is 32.1. The smallest absolute Gasteiger partial charge is 0.112 e. The molecule has 1 unspecified atom stereocenters. The molecule has 0 aromatic carbocycles. The third-order valence-electron chi connectivity index (χ3n) is 4.15. The molecule has 3 fully saturated rings. The van der Waals surface area contributed by atoms with Crippen LogP contribution < -0.4 is 5.73 Å². The molecular weight excluding hydrogens is 256 g/mol. The van der Waals surface area contributed by atoms with E-state index < -0.39 is 0 Å². The number of rotatable bonds is 4. The van der Waals surface area contributed by atoms with Crippen molar-refractivity contribution in [2.45, 2.75) is 32.9 Å². The summed E-state index contributed by atoms with van der Waals surface area (Å²) in [5.74, 6) is 0.645. The molecule has 106 valence electrons. The van der Waals surface area contributed by atoms with Crippen LogP contribution in [0.3, 0.4) is 0 Å². The zero-order chi connectivity index (χ0) is 13.4. The summed E-state index contributed by atoms with van der Waals surface area (Å²) in [6, 6.07) is 0.513. The van der Waals surface area contributed by atoms with Crippen LogP contribution in [0.15, 0.2) is 0 Å². The van der Waals surface area contributed by atoms with Gasteiger partial charge in [0.25, 0.3) is 0 Å². The van der Waals surface area contributed by atoms with Crippen molar-refractivity contribution in [3.05, 3.63) is 15.6 Å². The lowest BCUT2D eigenvalue weighted by molar-refractivity contribution is 0.0122. The molecule has 4 rings (SSSR count). The van der Waals surface area contributed by atoms with Crippen LogP contribution >= 0.6 is 11.3 Å². The van der Waals surface area contributed by atoms with Gasteiger partial charge in [0.1, 0.15) is 5.01 Å². The average Bonchev–Trinajstić information content (AvgIpc) is 2.82. The quantitative estimate of drug-likeness (QED) is 0.907. The maximum atomic E-state index is 5.89. The predicted molar refractivity (Wildman–Crippen MR) is 79.3 cm³/mol. The van der Waals surface area contributed by atoms with Gasteiger partial charge in [0.15, 0.2) is 0 Å². The van der Waals surface area contributed by atoms with Crippen molar-refractivity contribution >= 4 is 11.3 Å². The monoisotopic (exact) mass is 280 g/mol. The summed E-state index contributed by atoms with van der Waals surface area (Å²) in [7, 11) is 0. The van der Waals surface area contributed by atoms with Crippen molar-refractivity contribution in [2.75, 3.05) is 32.7 Å². The van der Waals surface area contributed by atoms with E-state index in [4.69, 9.17) is 10.7 Å². The van der Waals surface area contributed by atoms with Crippen molar-refractivity contribution in [3.63, 3.8) is 0 Å². The van der Waals surface area contributed by atoms with E-state index in [0.717, 1.165) is 13.0 Å². The van der Waals surface area contributed by atoms with Crippen molar-refractivity contribution in [1.29, 1.82) is 0 Å². The summed E-state index contributed by atoms with van der Waals surface area (Å²) in [6.45, 7) is 11.1. The molecule has 0 saturated carbocycles. The number of nitrogens with two attached hydrogens (primary N) is 1. The molecule has 1 aromatic rings. The third kappa shape index (κ3) is 2.70. The minimum absolute atomic E-state index is 0.513. The Kier molecular flexibility index (Phi) is 3.89. The van der Waals surface area contributed by atoms with Gasteiger partial charge in [0, 0.05) is 44.1 Å². The molecule has 19 heavy (non-hydrogen) atoms. The first kappa shape index (κ1) is 13.5. The molecule has 1 aromatic heterocycles. The Morgan fingerprint density at radius 2 is 2.05 bits per heavy atom. The number of piperazine rings is 3. The fourth-order valence-corrected chi connectivity index (χ4v) is 4.20. The highest BCUT2D eigenvalue weighted by Crippen LogP contribution is 2.33. The molecule has 2 N–H and O–H groups in total. The first-order valence-electron chi connectivity index (χ1n) is 7.32. The number of hydrogen-bond donors (Lipinski definition) is 1. The molecule has 0 aliphatic carbocycles. The van der Waals surface area contributed by atoms with Crippen LogP contribution in [0.25, 0.3) is 0 Å². The van der Waals surface area contributed by atoms with E-state index in [1.807, 2.05) is 11.3 Å². The zero-order valence-corrected chi connectivity index (χ0v) is 12.7. The summed E-state index contributed by atoms with van der Waals surface area (Å²) in [6.07, 6.45) is 1.06. The van der Waals surface area contributed by atoms with E-state index in [-0.39, 0.29) is 0 Å². The first-order chi connectivity index (χ1) is 9.17. The Bertz CT molecular complexity index is 435. The summed E-state index contributed by atoms with van der Waals surface area (Å²) >= 11 is 1.84. The van der Waals surface area contributed by atoms with Crippen LogP contribution in [-0.4, -0.2) is 47.5 Å². The van der Waals surface area contributed by atoms with E-state index >= 15 is 0 Å². The molecule has 1 atom stereocenters. The van der Waals surface area contributed by atoms with Gasteiger partial charge in [-0.25, -0.2) is 4.98 Å². The number of hydrogen-bond acceptors (Lipinski definition) is 5. The van der Waals surface area contributed by atoms with Crippen LogP contribution in [0.5, 0.6) is 0 Å². The standard InChI is InChI=1S/C14H24N4S/c1-10(2)7-11-13(8-15)19-14(16-11)12-9-17-3-5-18(12)6-4-17/h10,12H,3-9,15H2,1-2H3. The summed E-state index contributed by atoms with van der Waals surface area (Å²) in [4.78, 5) is 11.4. The second-order valence-electron chi connectivity index (χ2n) is 6.08. The van der Waals surface area contributed by atoms with E-state index in [1.165, 1.54) is 41.8 Å². The lowest BCUT2D eigenvalue weighted by atomic mass is 10.1. The first-order valence-corrected chi connectivity index (χ1v) is 8.14. The Hall–Kier alpha value is -0.490. The second-order valence-corrected chi connectivity index (χ2v) is 7.19. The van der Waals surface area contributed by atoms with E-state index in [1.54, 1.807) is 0 Å². The van der Waals surface area contributed by atoms with Crippen LogP contribution in [0.4, 0.5) is 0 Å². The third-order valence-corrected chi connectivity index (χ3v) is 5.37. The predicted octanol–water partition coefficient (Wildman–Crippen LogP) is 1.47. The Balaban J connectivity index is 1.82. The van der Waals surface area contributed by atoms with Crippen LogP contribution in [-0.2, 0) is 13.0 Å². The number of thiazole rings is 1. The lowest BCUT2D eigenvalue weighted by Crippen LogP contribution is -2.56. The largest absolute Gasteiger partial charge is 0.326 e. The van der Waals surface area contributed by atoms with E-state index in [9.17, 15) is 0 Å². The fraction of sp³-hybridized carbons (Fsp3) is 0.786. The molecule has 3 saturated heterocycles. The summed E-state index contributed by atoms with van der Waals surface area (Å²) in [5, 5.41) is 1.29. The highest BCUT2D eigenvalue weighted by molar-refractivity contribution is 7.11. The number of aromatic nitrogens is 1. The Morgan fingerprint density at radius 1 is 1.32 bits per heavy atom. The van der Waals surface area contributed by atoms with Gasteiger partial charge in [0.05, 0.1) is 11.7 Å². The molecule has 4 heterocycles. The molecule has 0 amide bonds. The SMILES string of the molecule is CC(C)Cc1nc(C2CN3CCN2CC3)sc1CN. The topological polar surface area (TPSA) is 45.4 Å². The molecule has 3 aliphatic rings. The molecule has 0 spiro atoms. The lowest BCUT2D eigenvalue weighted by Gasteiger charge is -2.46. The zero-order valence-electron chi connectivity index (χ0n) is 11.9. The van der Waals surface area contributed by atoms with E-state index in [0.29, 0.717) is 18.5 Å². The number of nitrogens with zero attached hydrogens (tertiary/aromatic N) is 3. The van der Waals surface area contributed by atoms with Gasteiger partial charge in [0.2, 0.25) is 0 Å². The van der Waals surface area contributed by atoms with Gasteiger partial charge in [-0.1, -0.05) is 13.8 Å². The Labute approximate surface area is 119 Å². The second kappa shape index (κ2) is 5.48. The molecule has 5 heteroatoms. The normalized spacial score (nSPS) is 30.2. The fourth-order valence-electron chi connectivity index (χ4n) is 3.10. The average molecular weight is 280 g/mol. The molecule has 0 radical (unpaired) electrons. The molecular formula is C14H24N4S. The van der Waals surface area contributed by atoms with Crippen molar-refractivity contribution in [3.8, 4) is 0 Å². The maximum Gasteiger partial charge on any atom is 0.112 e. The minimum atomic E-state index is 0.513. The Morgan fingerprint density at radius 3 is 2.58 bits per heavy atom. The van der Waals surface area contributed by atoms with Crippen molar-refractivity contribution in [1.82, 2.24) is 14.8 Å². The van der Waals surface area contributed by atoms with Crippen molar-refractivity contribution < 1.29 is 0 Å². The van der Waals surface area contributed by atoms with Gasteiger partial charge < -0.3 is 5.73 Å². The molecule has 4 nitrogen and oxygen atoms in total. The number of fused-ring (bicyclic) bond motifs is 3. The summed E-state index contributed by atoms with van der Waals surface area (Å²) in [5.41, 5.74) is 7.14. The molecule has 2 bridgehead atoms. The van der Waals surface area contributed by atoms with Gasteiger partial charge in [-0.3, -0.25) is 9.80 Å². The van der Waals surface area contributed by atoms with Crippen LogP contribution in [0, 0.1) is 5.92 Å². The van der Waals surface area contributed by atoms with Gasteiger partial charge >= 0.3 is 0 Å². The van der Waals surface area contributed by atoms with E-state index in [2.05, 4.69) is 23.6 Å². The van der Waals surface area contributed by atoms with Gasteiger partial charge in [-0.2, -0.15) is 0 Å². The summed E-state index contributed by atoms with van der Waals surface area (Å²) < 4.78 is 0.